The molecule has 2 N–H and O–H groups in total. The van der Waals surface area contributed by atoms with Crippen molar-refractivity contribution in [2.45, 2.75) is 51.1 Å². The lowest BCUT2D eigenvalue weighted by Crippen LogP contribution is -2.42. The molecule has 3 heterocycles. The molecule has 1 aliphatic heterocycles. The first kappa shape index (κ1) is 23.4. The van der Waals surface area contributed by atoms with Crippen LogP contribution < -0.4 is 10.6 Å². The molecule has 8 nitrogen and oxygen atoms in total. The van der Waals surface area contributed by atoms with E-state index in [1.54, 1.807) is 0 Å². The molecule has 0 saturated carbocycles. The van der Waals surface area contributed by atoms with E-state index in [-0.39, 0.29) is 28.7 Å². The Bertz CT molecular complexity index is 1040. The number of piperidine rings is 1. The third kappa shape index (κ3) is 5.70. The Balaban J connectivity index is 1.86. The average Bonchev–Trinajstić information content (AvgIpc) is 2.67. The topological polar surface area (TPSA) is 100 Å². The van der Waals surface area contributed by atoms with Crippen LogP contribution >= 0.6 is 0 Å². The zero-order valence-corrected chi connectivity index (χ0v) is 18.1. The summed E-state index contributed by atoms with van der Waals surface area (Å²) in [5.41, 5.74) is -0.439. The van der Waals surface area contributed by atoms with E-state index >= 15 is 0 Å². The van der Waals surface area contributed by atoms with Gasteiger partial charge < -0.3 is 10.6 Å². The first-order chi connectivity index (χ1) is 14.3. The van der Waals surface area contributed by atoms with Crippen molar-refractivity contribution in [2.24, 2.45) is 0 Å². The third-order valence-corrected chi connectivity index (χ3v) is 6.48. The summed E-state index contributed by atoms with van der Waals surface area (Å²) in [7, 11) is -3.26. The molecule has 2 aromatic rings. The predicted octanol–water partition coefficient (Wildman–Crippen LogP) is 3.25. The minimum atomic E-state index is -3.26. The highest BCUT2D eigenvalue weighted by atomic mass is 32.2. The Labute approximate surface area is 177 Å². The lowest BCUT2D eigenvalue weighted by molar-refractivity contribution is 0.00691. The second-order valence-electron chi connectivity index (χ2n) is 7.73. The molecule has 0 radical (unpaired) electrons. The van der Waals surface area contributed by atoms with Gasteiger partial charge in [0, 0.05) is 37.6 Å². The first-order valence-electron chi connectivity index (χ1n) is 9.66. The number of alkyl halides is 4. The summed E-state index contributed by atoms with van der Waals surface area (Å²) >= 11 is 0. The van der Waals surface area contributed by atoms with Gasteiger partial charge in [0.1, 0.15) is 11.2 Å². The lowest BCUT2D eigenvalue weighted by Gasteiger charge is -2.30. The van der Waals surface area contributed by atoms with Gasteiger partial charge in [-0.2, -0.15) is 0 Å². The van der Waals surface area contributed by atoms with E-state index in [1.807, 2.05) is 0 Å². The number of anilines is 2. The summed E-state index contributed by atoms with van der Waals surface area (Å²) in [6, 6.07) is -0.351. The van der Waals surface area contributed by atoms with Gasteiger partial charge in [-0.15, -0.1) is 0 Å². The van der Waals surface area contributed by atoms with E-state index in [9.17, 15) is 26.0 Å². The van der Waals surface area contributed by atoms with Gasteiger partial charge in [0.2, 0.25) is 16.0 Å². The largest absolute Gasteiger partial charge is 0.360 e. The zero-order chi connectivity index (χ0) is 23.0. The number of halogens is 4. The molecule has 0 spiro atoms. The van der Waals surface area contributed by atoms with Crippen LogP contribution in [0.3, 0.4) is 0 Å². The number of pyridine rings is 1. The molecular formula is C18H24F4N6O2S. The molecule has 0 aliphatic carbocycles. The van der Waals surface area contributed by atoms with Gasteiger partial charge in [0.05, 0.1) is 12.3 Å². The van der Waals surface area contributed by atoms with Crippen molar-refractivity contribution in [1.82, 2.24) is 19.3 Å². The highest BCUT2D eigenvalue weighted by Crippen LogP contribution is 2.29. The maximum Gasteiger partial charge on any atom is 0.280 e. The molecular weight excluding hydrogens is 440 g/mol. The Kier molecular flexibility index (Phi) is 6.56. The summed E-state index contributed by atoms with van der Waals surface area (Å²) in [6.45, 7) is 2.63. The zero-order valence-electron chi connectivity index (χ0n) is 17.2. The van der Waals surface area contributed by atoms with Crippen LogP contribution in [0.4, 0.5) is 29.3 Å². The van der Waals surface area contributed by atoms with Gasteiger partial charge in [-0.05, 0) is 25.8 Å². The van der Waals surface area contributed by atoms with E-state index in [0.717, 1.165) is 12.3 Å². The second kappa shape index (κ2) is 8.69. The SMILES string of the molecule is CC(Nc1nc(C(F)F)cc2cnc(NC3CCN(S(C)(=O)=O)CC3)nc12)C(C)(F)F. The van der Waals surface area contributed by atoms with Crippen LogP contribution in [0.15, 0.2) is 12.3 Å². The molecule has 1 unspecified atom stereocenters. The summed E-state index contributed by atoms with van der Waals surface area (Å²) in [5, 5.41) is 5.82. The molecule has 1 atom stereocenters. The fourth-order valence-corrected chi connectivity index (χ4v) is 4.06. The van der Waals surface area contributed by atoms with Gasteiger partial charge in [-0.1, -0.05) is 0 Å². The summed E-state index contributed by atoms with van der Waals surface area (Å²) in [4.78, 5) is 12.2. The fraction of sp³-hybridized carbons (Fsp3) is 0.611. The van der Waals surface area contributed by atoms with Crippen LogP contribution in [-0.4, -0.2) is 65.0 Å². The molecule has 1 aliphatic rings. The normalized spacial score (nSPS) is 17.8. The van der Waals surface area contributed by atoms with Crippen molar-refractivity contribution in [3.8, 4) is 0 Å². The molecule has 0 amide bonds. The number of sulfonamides is 1. The maximum absolute atomic E-state index is 13.6. The van der Waals surface area contributed by atoms with Gasteiger partial charge in [0.25, 0.3) is 12.3 Å². The van der Waals surface area contributed by atoms with Crippen molar-refractivity contribution >= 4 is 32.7 Å². The van der Waals surface area contributed by atoms with Gasteiger partial charge in [-0.3, -0.25) is 0 Å². The van der Waals surface area contributed by atoms with Crippen molar-refractivity contribution in [2.75, 3.05) is 30.0 Å². The minimum Gasteiger partial charge on any atom is -0.360 e. The predicted molar refractivity (Wildman–Crippen MR) is 109 cm³/mol. The maximum atomic E-state index is 13.6. The highest BCUT2D eigenvalue weighted by molar-refractivity contribution is 7.88. The molecule has 0 bridgehead atoms. The Morgan fingerprint density at radius 2 is 1.87 bits per heavy atom. The highest BCUT2D eigenvalue weighted by Gasteiger charge is 2.31. The van der Waals surface area contributed by atoms with Crippen molar-refractivity contribution in [3.05, 3.63) is 18.0 Å². The van der Waals surface area contributed by atoms with E-state index in [4.69, 9.17) is 0 Å². The third-order valence-electron chi connectivity index (χ3n) is 5.18. The quantitative estimate of drug-likeness (QED) is 0.607. The van der Waals surface area contributed by atoms with Crippen LogP contribution in [0, 0.1) is 0 Å². The number of hydrogen-bond acceptors (Lipinski definition) is 7. The first-order valence-corrected chi connectivity index (χ1v) is 11.5. The lowest BCUT2D eigenvalue weighted by atomic mass is 10.1. The second-order valence-corrected chi connectivity index (χ2v) is 9.71. The van der Waals surface area contributed by atoms with E-state index in [2.05, 4.69) is 25.6 Å². The van der Waals surface area contributed by atoms with E-state index < -0.39 is 34.1 Å². The average molecular weight is 464 g/mol. The number of nitrogens with one attached hydrogen (secondary N) is 2. The monoisotopic (exact) mass is 464 g/mol. The minimum absolute atomic E-state index is 0.0981. The summed E-state index contributed by atoms with van der Waals surface area (Å²) in [6.07, 6.45) is 0.648. The van der Waals surface area contributed by atoms with Crippen molar-refractivity contribution in [1.29, 1.82) is 0 Å². The van der Waals surface area contributed by atoms with Gasteiger partial charge in [0.15, 0.2) is 5.82 Å². The van der Waals surface area contributed by atoms with Crippen molar-refractivity contribution < 1.29 is 26.0 Å². The Morgan fingerprint density at radius 3 is 2.42 bits per heavy atom. The van der Waals surface area contributed by atoms with Crippen LogP contribution in [0.5, 0.6) is 0 Å². The smallest absolute Gasteiger partial charge is 0.280 e. The molecule has 1 fully saturated rings. The summed E-state index contributed by atoms with van der Waals surface area (Å²) < 4.78 is 78.3. The molecule has 2 aromatic heterocycles. The number of rotatable bonds is 7. The number of aromatic nitrogens is 3. The Hall–Kier alpha value is -2.28. The molecule has 172 valence electrons. The molecule has 31 heavy (non-hydrogen) atoms. The standard InChI is InChI=1S/C18H24F4N6O2S/c1-10(18(2,21)22)24-16-14-11(8-13(26-16)15(19)20)9-23-17(27-14)25-12-4-6-28(7-5-12)31(3,29)30/h8-10,12,15H,4-7H2,1-3H3,(H,24,26)(H,23,25,27). The van der Waals surface area contributed by atoms with Crippen molar-refractivity contribution in [3.63, 3.8) is 0 Å². The number of hydrogen-bond donors (Lipinski definition) is 2. The molecule has 1 saturated heterocycles. The van der Waals surface area contributed by atoms with Crippen LogP contribution in [-0.2, 0) is 10.0 Å². The van der Waals surface area contributed by atoms with E-state index in [1.165, 1.54) is 17.4 Å². The Morgan fingerprint density at radius 1 is 1.23 bits per heavy atom. The van der Waals surface area contributed by atoms with Gasteiger partial charge in [-0.25, -0.2) is 45.2 Å². The number of nitrogens with zero attached hydrogens (tertiary/aromatic N) is 4. The fourth-order valence-electron chi connectivity index (χ4n) is 3.19. The van der Waals surface area contributed by atoms with Crippen LogP contribution in [0.25, 0.3) is 10.9 Å². The van der Waals surface area contributed by atoms with E-state index in [0.29, 0.717) is 32.9 Å². The molecule has 3 rings (SSSR count). The van der Waals surface area contributed by atoms with Crippen LogP contribution in [0.2, 0.25) is 0 Å². The number of fused-ring (bicyclic) bond motifs is 1. The molecule has 13 heteroatoms. The van der Waals surface area contributed by atoms with Crippen LogP contribution in [0.1, 0.15) is 38.8 Å². The summed E-state index contributed by atoms with van der Waals surface area (Å²) in [5.74, 6) is -3.12. The molecule has 0 aromatic carbocycles. The van der Waals surface area contributed by atoms with Gasteiger partial charge >= 0.3 is 0 Å².